The molecule has 0 N–H and O–H groups in total. The lowest BCUT2D eigenvalue weighted by Gasteiger charge is -2.15. The van der Waals surface area contributed by atoms with E-state index in [4.69, 9.17) is 4.74 Å². The lowest BCUT2D eigenvalue weighted by Crippen LogP contribution is -2.10. The van der Waals surface area contributed by atoms with Gasteiger partial charge >= 0.3 is 5.97 Å². The fourth-order valence-electron chi connectivity index (χ4n) is 11.8. The van der Waals surface area contributed by atoms with Crippen LogP contribution in [0.3, 0.4) is 0 Å². The SMILES string of the molecule is O=C1OC2(c3ccccc31)C1c3cc4c5c6c(cc7ccc8cc9c%10c%11c(cc(c%12c3c5c(c%12%11)c3c6c7c8c%103)C12)C9)C4. The highest BCUT2D eigenvalue weighted by Gasteiger charge is 2.75. The van der Waals surface area contributed by atoms with Crippen molar-refractivity contribution in [3.63, 3.8) is 0 Å². The number of hydrogen-bond donors (Lipinski definition) is 0. The summed E-state index contributed by atoms with van der Waals surface area (Å²) in [5, 5.41) is 24.0. The van der Waals surface area contributed by atoms with Gasteiger partial charge < -0.3 is 4.74 Å². The normalized spacial score (nSPS) is 24.3. The monoisotopic (exact) mass is 528 g/mol. The molecule has 10 aromatic rings. The summed E-state index contributed by atoms with van der Waals surface area (Å²) in [6, 6.07) is 23.0. The van der Waals surface area contributed by atoms with E-state index in [0.717, 1.165) is 24.0 Å². The number of rotatable bonds is 0. The van der Waals surface area contributed by atoms with Gasteiger partial charge in [0.1, 0.15) is 0 Å². The first kappa shape index (κ1) is 18.5. The Labute approximate surface area is 236 Å². The van der Waals surface area contributed by atoms with Gasteiger partial charge in [-0.2, -0.15) is 0 Å². The lowest BCUT2D eigenvalue weighted by atomic mass is 9.87. The van der Waals surface area contributed by atoms with Crippen LogP contribution in [0.25, 0.3) is 86.2 Å². The second kappa shape index (κ2) is 4.90. The molecule has 1 fully saturated rings. The minimum Gasteiger partial charge on any atom is -0.449 e. The molecular weight excluding hydrogens is 512 g/mol. The molecular formula is C40H16O2. The lowest BCUT2D eigenvalue weighted by molar-refractivity contribution is 0.0283. The van der Waals surface area contributed by atoms with E-state index >= 15 is 0 Å². The third-order valence-corrected chi connectivity index (χ3v) is 12.9. The van der Waals surface area contributed by atoms with Crippen molar-refractivity contribution in [2.45, 2.75) is 30.3 Å². The van der Waals surface area contributed by atoms with E-state index in [9.17, 15) is 4.79 Å². The van der Waals surface area contributed by atoms with Gasteiger partial charge in [0.25, 0.3) is 0 Å². The third kappa shape index (κ3) is 1.37. The summed E-state index contributed by atoms with van der Waals surface area (Å²) in [6.45, 7) is 0. The van der Waals surface area contributed by atoms with E-state index in [1.807, 2.05) is 12.1 Å². The van der Waals surface area contributed by atoms with Gasteiger partial charge in [-0.15, -0.1) is 0 Å². The summed E-state index contributed by atoms with van der Waals surface area (Å²) in [4.78, 5) is 13.3. The maximum Gasteiger partial charge on any atom is 0.339 e. The van der Waals surface area contributed by atoms with E-state index in [1.54, 1.807) is 0 Å². The topological polar surface area (TPSA) is 26.3 Å². The Morgan fingerprint density at radius 2 is 1.00 bits per heavy atom. The van der Waals surface area contributed by atoms with Crippen molar-refractivity contribution in [1.29, 1.82) is 0 Å². The molecule has 0 aromatic heterocycles. The van der Waals surface area contributed by atoms with Crippen LogP contribution in [0.4, 0.5) is 0 Å². The predicted molar refractivity (Wildman–Crippen MR) is 167 cm³/mol. The molecule has 0 bridgehead atoms. The van der Waals surface area contributed by atoms with Crippen LogP contribution >= 0.6 is 0 Å². The molecule has 0 amide bonds. The van der Waals surface area contributed by atoms with Crippen LogP contribution in [0, 0.1) is 0 Å². The number of ether oxygens (including phenoxy) is 1. The maximum atomic E-state index is 13.3. The van der Waals surface area contributed by atoms with Crippen LogP contribution < -0.4 is 0 Å². The Morgan fingerprint density at radius 3 is 1.57 bits per heavy atom. The molecule has 188 valence electrons. The Kier molecular flexibility index (Phi) is 2.16. The van der Waals surface area contributed by atoms with Crippen LogP contribution in [0.2, 0.25) is 0 Å². The minimum absolute atomic E-state index is 0.154. The summed E-state index contributed by atoms with van der Waals surface area (Å²) in [5.74, 6) is 0.189. The quantitative estimate of drug-likeness (QED) is 0.145. The number of fused-ring (bicyclic) bond motifs is 7. The molecule has 2 unspecified atom stereocenters. The minimum atomic E-state index is -0.586. The molecule has 1 spiro atoms. The second-order valence-electron chi connectivity index (χ2n) is 14.1. The smallest absolute Gasteiger partial charge is 0.339 e. The molecule has 42 heavy (non-hydrogen) atoms. The zero-order chi connectivity index (χ0) is 26.3. The van der Waals surface area contributed by atoms with Crippen LogP contribution in [-0.4, -0.2) is 5.97 Å². The van der Waals surface area contributed by atoms with Crippen molar-refractivity contribution in [1.82, 2.24) is 0 Å². The molecule has 15 rings (SSSR count). The highest BCUT2D eigenvalue weighted by Crippen LogP contribution is 2.79. The number of esters is 1. The van der Waals surface area contributed by atoms with Crippen molar-refractivity contribution >= 4 is 92.1 Å². The number of carbonyl (C=O) groups is 1. The van der Waals surface area contributed by atoms with Crippen LogP contribution in [0.1, 0.15) is 61.1 Å². The zero-order valence-corrected chi connectivity index (χ0v) is 22.2. The maximum absolute atomic E-state index is 13.3. The summed E-state index contributed by atoms with van der Waals surface area (Å²) in [5.41, 5.74) is 10.0. The summed E-state index contributed by atoms with van der Waals surface area (Å²) < 4.78 is 6.55. The predicted octanol–water partition coefficient (Wildman–Crippen LogP) is 9.17. The molecule has 1 saturated carbocycles. The average Bonchev–Trinajstić information content (AvgIpc) is 3.50. The molecule has 10 aromatic carbocycles. The van der Waals surface area contributed by atoms with E-state index in [0.29, 0.717) is 0 Å². The van der Waals surface area contributed by atoms with Crippen LogP contribution in [0.5, 0.6) is 0 Å². The third-order valence-electron chi connectivity index (χ3n) is 12.9. The first-order valence-corrected chi connectivity index (χ1v) is 15.3. The average molecular weight is 529 g/mol. The molecule has 1 heterocycles. The second-order valence-corrected chi connectivity index (χ2v) is 14.1. The highest BCUT2D eigenvalue weighted by molar-refractivity contribution is 6.58. The Balaban J connectivity index is 1.29. The zero-order valence-electron chi connectivity index (χ0n) is 22.2. The first-order chi connectivity index (χ1) is 20.7. The van der Waals surface area contributed by atoms with Crippen molar-refractivity contribution in [3.05, 3.63) is 105 Å². The first-order valence-electron chi connectivity index (χ1n) is 15.3. The fraction of sp³-hybridized carbons (Fsp3) is 0.125. The molecule has 1 aliphatic heterocycles. The van der Waals surface area contributed by atoms with Gasteiger partial charge in [-0.25, -0.2) is 4.79 Å². The molecule has 2 atom stereocenters. The summed E-state index contributed by atoms with van der Waals surface area (Å²) >= 11 is 0. The molecule has 0 saturated heterocycles. The largest absolute Gasteiger partial charge is 0.449 e. The Hall–Kier alpha value is -4.95. The number of benzene rings is 8. The molecule has 5 aliphatic rings. The fourth-order valence-corrected chi connectivity index (χ4v) is 11.8. The van der Waals surface area contributed by atoms with Gasteiger partial charge in [-0.05, 0) is 138 Å². The molecule has 2 heteroatoms. The van der Waals surface area contributed by atoms with Gasteiger partial charge in [0, 0.05) is 17.4 Å². The van der Waals surface area contributed by atoms with Crippen molar-refractivity contribution in [2.24, 2.45) is 0 Å². The van der Waals surface area contributed by atoms with Gasteiger partial charge in [0.2, 0.25) is 0 Å². The van der Waals surface area contributed by atoms with Crippen molar-refractivity contribution < 1.29 is 9.53 Å². The van der Waals surface area contributed by atoms with E-state index < -0.39 is 5.60 Å². The van der Waals surface area contributed by atoms with E-state index in [2.05, 4.69) is 48.5 Å². The highest BCUT2D eigenvalue weighted by atomic mass is 16.6. The molecule has 2 nitrogen and oxygen atoms in total. The number of carbonyl (C=O) groups excluding carboxylic acids is 1. The molecule has 4 aliphatic carbocycles. The van der Waals surface area contributed by atoms with Crippen molar-refractivity contribution in [2.75, 3.05) is 0 Å². The molecule has 0 radical (unpaired) electrons. The van der Waals surface area contributed by atoms with Gasteiger partial charge in [-0.1, -0.05) is 54.6 Å². The Bertz CT molecular complexity index is 2900. The summed E-state index contributed by atoms with van der Waals surface area (Å²) in [6.07, 6.45) is 1.98. The van der Waals surface area contributed by atoms with Gasteiger partial charge in [0.05, 0.1) is 5.56 Å². The van der Waals surface area contributed by atoms with Crippen molar-refractivity contribution in [3.8, 4) is 0 Å². The van der Waals surface area contributed by atoms with E-state index in [-0.39, 0.29) is 17.8 Å². The number of hydrogen-bond acceptors (Lipinski definition) is 2. The van der Waals surface area contributed by atoms with Gasteiger partial charge in [0.15, 0.2) is 5.60 Å². The van der Waals surface area contributed by atoms with Crippen LogP contribution in [-0.2, 0) is 23.2 Å². The van der Waals surface area contributed by atoms with E-state index in [1.165, 1.54) is 120 Å². The van der Waals surface area contributed by atoms with Crippen LogP contribution in [0.15, 0.2) is 60.7 Å². The Morgan fingerprint density at radius 1 is 0.524 bits per heavy atom. The standard InChI is InChI=1S/C40H16O2/c41-39-19-3-1-2-4-22(19)40(42-39)37-20-11-17-9-15-7-13-5-6-14-8-16-10-18-12-21(38(37)40)30-29(20)33-27(17)25(15)31-23(13)24(14)32-26(16)28(18)34(30)36(33)35(31)32/h1-8,11-12,37-38H,9-10H2. The van der Waals surface area contributed by atoms with Gasteiger partial charge in [-0.3, -0.25) is 0 Å². The summed E-state index contributed by atoms with van der Waals surface area (Å²) in [7, 11) is 0.